The van der Waals surface area contributed by atoms with Crippen molar-refractivity contribution in [3.05, 3.63) is 52.5 Å². The molecule has 1 aromatic carbocycles. The van der Waals surface area contributed by atoms with Crippen molar-refractivity contribution in [1.29, 1.82) is 0 Å². The second-order valence-corrected chi connectivity index (χ2v) is 6.06. The highest BCUT2D eigenvalue weighted by atomic mass is 32.1. The lowest BCUT2D eigenvalue weighted by atomic mass is 9.89. The lowest BCUT2D eigenvalue weighted by molar-refractivity contribution is -0.141. The normalized spacial score (nSPS) is 23.0. The predicted octanol–water partition coefficient (Wildman–Crippen LogP) is 2.44. The number of carboxylic acids is 1. The van der Waals surface area contributed by atoms with Gasteiger partial charge in [0.25, 0.3) is 0 Å². The molecule has 2 heterocycles. The maximum Gasteiger partial charge on any atom is 0.308 e. The summed E-state index contributed by atoms with van der Waals surface area (Å²) in [4.78, 5) is 18.0. The minimum Gasteiger partial charge on any atom is -0.481 e. The summed E-state index contributed by atoms with van der Waals surface area (Å²) in [6.07, 6.45) is 1.79. The first-order valence-electron chi connectivity index (χ1n) is 6.62. The average Bonchev–Trinajstić information content (AvgIpc) is 3.10. The lowest BCUT2D eigenvalue weighted by Gasteiger charge is -2.15. The number of nitrogens with zero attached hydrogens (tertiary/aromatic N) is 2. The third kappa shape index (κ3) is 2.73. The molecule has 2 aromatic rings. The number of thiazole rings is 1. The summed E-state index contributed by atoms with van der Waals surface area (Å²) in [5.41, 5.74) is 1.11. The van der Waals surface area contributed by atoms with Crippen LogP contribution in [0.15, 0.2) is 41.9 Å². The third-order valence-corrected chi connectivity index (χ3v) is 4.55. The molecule has 1 saturated heterocycles. The molecule has 1 aromatic heterocycles. The van der Waals surface area contributed by atoms with Crippen LogP contribution in [0.5, 0.6) is 0 Å². The molecule has 2 atom stereocenters. The van der Waals surface area contributed by atoms with Crippen LogP contribution in [0.2, 0.25) is 0 Å². The van der Waals surface area contributed by atoms with Gasteiger partial charge in [-0.25, -0.2) is 4.98 Å². The van der Waals surface area contributed by atoms with Crippen molar-refractivity contribution >= 4 is 17.3 Å². The zero-order valence-corrected chi connectivity index (χ0v) is 11.8. The second kappa shape index (κ2) is 5.73. The van der Waals surface area contributed by atoms with Gasteiger partial charge >= 0.3 is 5.97 Å². The summed E-state index contributed by atoms with van der Waals surface area (Å²) in [7, 11) is 0. The van der Waals surface area contributed by atoms with Gasteiger partial charge in [0.1, 0.15) is 5.01 Å². The molecule has 1 fully saturated rings. The SMILES string of the molecule is O=C(O)[C@@H]1CN(Cc2nccs2)C[C@@H]1c1ccccc1. The molecule has 4 nitrogen and oxygen atoms in total. The van der Waals surface area contributed by atoms with Crippen LogP contribution in [0.3, 0.4) is 0 Å². The van der Waals surface area contributed by atoms with Crippen LogP contribution in [0, 0.1) is 5.92 Å². The molecule has 0 spiro atoms. The number of benzene rings is 1. The van der Waals surface area contributed by atoms with Crippen molar-refractivity contribution in [2.45, 2.75) is 12.5 Å². The highest BCUT2D eigenvalue weighted by Gasteiger charge is 2.38. The minimum atomic E-state index is -0.708. The van der Waals surface area contributed by atoms with Gasteiger partial charge in [0.15, 0.2) is 0 Å². The van der Waals surface area contributed by atoms with Crippen LogP contribution in [-0.4, -0.2) is 34.0 Å². The van der Waals surface area contributed by atoms with Gasteiger partial charge in [-0.1, -0.05) is 30.3 Å². The fourth-order valence-electron chi connectivity index (χ4n) is 2.82. The van der Waals surface area contributed by atoms with E-state index >= 15 is 0 Å². The van der Waals surface area contributed by atoms with Gasteiger partial charge in [0, 0.05) is 30.6 Å². The lowest BCUT2D eigenvalue weighted by Crippen LogP contribution is -2.23. The number of likely N-dealkylation sites (tertiary alicyclic amines) is 1. The zero-order valence-electron chi connectivity index (χ0n) is 11.0. The first-order valence-corrected chi connectivity index (χ1v) is 7.50. The average molecular weight is 288 g/mol. The van der Waals surface area contributed by atoms with Crippen LogP contribution >= 0.6 is 11.3 Å². The fraction of sp³-hybridized carbons (Fsp3) is 0.333. The second-order valence-electron chi connectivity index (χ2n) is 5.08. The Balaban J connectivity index is 1.77. The Morgan fingerprint density at radius 3 is 2.80 bits per heavy atom. The number of hydrogen-bond acceptors (Lipinski definition) is 4. The maximum absolute atomic E-state index is 11.5. The summed E-state index contributed by atoms with van der Waals surface area (Å²) in [5.74, 6) is -0.980. The van der Waals surface area contributed by atoms with Crippen LogP contribution in [0.4, 0.5) is 0 Å². The highest BCUT2D eigenvalue weighted by Crippen LogP contribution is 2.33. The van der Waals surface area contributed by atoms with E-state index in [1.165, 1.54) is 0 Å². The largest absolute Gasteiger partial charge is 0.481 e. The molecule has 1 aliphatic rings. The fourth-order valence-corrected chi connectivity index (χ4v) is 3.48. The molecular formula is C15H16N2O2S. The Morgan fingerprint density at radius 2 is 2.15 bits per heavy atom. The minimum absolute atomic E-state index is 0.0636. The van der Waals surface area contributed by atoms with Gasteiger partial charge in [-0.15, -0.1) is 11.3 Å². The van der Waals surface area contributed by atoms with E-state index in [4.69, 9.17) is 0 Å². The van der Waals surface area contributed by atoms with E-state index in [-0.39, 0.29) is 11.8 Å². The Bertz CT molecular complexity index is 571. The molecule has 3 rings (SSSR count). The van der Waals surface area contributed by atoms with Crippen LogP contribution in [-0.2, 0) is 11.3 Å². The number of carbonyl (C=O) groups is 1. The molecule has 1 N–H and O–H groups in total. The standard InChI is InChI=1S/C15H16N2O2S/c18-15(19)13-9-17(10-14-16-6-7-20-14)8-12(13)11-4-2-1-3-5-11/h1-7,12-13H,8-10H2,(H,18,19)/t12-,13-/m1/s1. The molecule has 0 bridgehead atoms. The number of carboxylic acid groups (broad SMARTS) is 1. The van der Waals surface area contributed by atoms with Gasteiger partial charge in [0.05, 0.1) is 12.5 Å². The summed E-state index contributed by atoms with van der Waals surface area (Å²) >= 11 is 1.62. The Kier molecular flexibility index (Phi) is 3.80. The summed E-state index contributed by atoms with van der Waals surface area (Å²) in [6, 6.07) is 9.94. The first-order chi connectivity index (χ1) is 9.74. The number of aliphatic carboxylic acids is 1. The third-order valence-electron chi connectivity index (χ3n) is 3.78. The van der Waals surface area contributed by atoms with E-state index in [0.717, 1.165) is 23.7 Å². The summed E-state index contributed by atoms with van der Waals surface area (Å²) in [6.45, 7) is 2.11. The van der Waals surface area contributed by atoms with Crippen molar-refractivity contribution in [2.24, 2.45) is 5.92 Å². The van der Waals surface area contributed by atoms with Gasteiger partial charge in [0.2, 0.25) is 0 Å². The van der Waals surface area contributed by atoms with Crippen molar-refractivity contribution in [3.63, 3.8) is 0 Å². The van der Waals surface area contributed by atoms with Crippen LogP contribution in [0.1, 0.15) is 16.5 Å². The molecule has 1 aliphatic heterocycles. The van der Waals surface area contributed by atoms with Gasteiger partial charge in [-0.3, -0.25) is 9.69 Å². The molecule has 0 radical (unpaired) electrons. The van der Waals surface area contributed by atoms with Crippen molar-refractivity contribution in [2.75, 3.05) is 13.1 Å². The molecule has 5 heteroatoms. The van der Waals surface area contributed by atoms with E-state index in [1.807, 2.05) is 35.7 Å². The van der Waals surface area contributed by atoms with E-state index < -0.39 is 5.97 Å². The molecule has 0 unspecified atom stereocenters. The van der Waals surface area contributed by atoms with E-state index in [9.17, 15) is 9.90 Å². The number of aromatic nitrogens is 1. The molecule has 0 amide bonds. The summed E-state index contributed by atoms with van der Waals surface area (Å²) in [5, 5.41) is 12.4. The highest BCUT2D eigenvalue weighted by molar-refractivity contribution is 7.09. The molecule has 0 aliphatic carbocycles. The molecule has 0 saturated carbocycles. The van der Waals surface area contributed by atoms with Crippen LogP contribution in [0.25, 0.3) is 0 Å². The van der Waals surface area contributed by atoms with Gasteiger partial charge < -0.3 is 5.11 Å². The number of rotatable bonds is 4. The quantitative estimate of drug-likeness (QED) is 0.939. The Morgan fingerprint density at radius 1 is 1.35 bits per heavy atom. The van der Waals surface area contributed by atoms with Crippen molar-refractivity contribution < 1.29 is 9.90 Å². The molecule has 20 heavy (non-hydrogen) atoms. The van der Waals surface area contributed by atoms with Crippen LogP contribution < -0.4 is 0 Å². The molecular weight excluding hydrogens is 272 g/mol. The van der Waals surface area contributed by atoms with E-state index in [2.05, 4.69) is 9.88 Å². The first kappa shape index (κ1) is 13.3. The molecule has 104 valence electrons. The maximum atomic E-state index is 11.5. The van der Waals surface area contributed by atoms with Gasteiger partial charge in [-0.05, 0) is 5.56 Å². The monoisotopic (exact) mass is 288 g/mol. The predicted molar refractivity (Wildman–Crippen MR) is 77.7 cm³/mol. The van der Waals surface area contributed by atoms with E-state index in [1.54, 1.807) is 17.5 Å². The topological polar surface area (TPSA) is 53.4 Å². The van der Waals surface area contributed by atoms with E-state index in [0.29, 0.717) is 6.54 Å². The van der Waals surface area contributed by atoms with Crippen molar-refractivity contribution in [3.8, 4) is 0 Å². The smallest absolute Gasteiger partial charge is 0.308 e. The Labute approximate surface area is 121 Å². The zero-order chi connectivity index (χ0) is 13.9. The Hall–Kier alpha value is -1.72. The van der Waals surface area contributed by atoms with Crippen molar-refractivity contribution in [1.82, 2.24) is 9.88 Å². The number of hydrogen-bond donors (Lipinski definition) is 1. The summed E-state index contributed by atoms with van der Waals surface area (Å²) < 4.78 is 0. The van der Waals surface area contributed by atoms with Gasteiger partial charge in [-0.2, -0.15) is 0 Å².